The Bertz CT molecular complexity index is 2460. The molecule has 0 heterocycles. The summed E-state index contributed by atoms with van der Waals surface area (Å²) in [6.45, 7) is 4.16. The summed E-state index contributed by atoms with van der Waals surface area (Å²) < 4.78 is 34.7. The Kier molecular flexibility index (Phi) is 71.2. The van der Waals surface area contributed by atoms with Gasteiger partial charge in [-0.2, -0.15) is 0 Å². The molecule has 0 aromatic rings. The second-order valence-electron chi connectivity index (χ2n) is 25.9. The maximum absolute atomic E-state index is 12.9. The van der Waals surface area contributed by atoms with Gasteiger partial charge < -0.3 is 18.9 Å². The van der Waals surface area contributed by atoms with E-state index in [2.05, 4.69) is 233 Å². The van der Waals surface area contributed by atoms with Crippen molar-refractivity contribution < 1.29 is 42.1 Å². The van der Waals surface area contributed by atoms with Crippen LogP contribution >= 0.6 is 7.82 Å². The van der Waals surface area contributed by atoms with Gasteiger partial charge in [0.05, 0.1) is 27.7 Å². The quantitative estimate of drug-likeness (QED) is 0.0211. The third kappa shape index (κ3) is 79.3. The number of unbranched alkanes of at least 4 members (excludes halogenated alkanes) is 18. The van der Waals surface area contributed by atoms with Crippen molar-refractivity contribution in [1.29, 1.82) is 0 Å². The van der Waals surface area contributed by atoms with E-state index in [1.807, 2.05) is 21.1 Å². The summed E-state index contributed by atoms with van der Waals surface area (Å²) in [7, 11) is 1.44. The zero-order chi connectivity index (χ0) is 71.1. The smallest absolute Gasteiger partial charge is 0.462 e. The van der Waals surface area contributed by atoms with Crippen molar-refractivity contribution in [2.24, 2.45) is 0 Å². The van der Waals surface area contributed by atoms with Crippen molar-refractivity contribution in [2.45, 2.75) is 277 Å². The van der Waals surface area contributed by atoms with Crippen LogP contribution in [0.2, 0.25) is 0 Å². The lowest BCUT2D eigenvalue weighted by molar-refractivity contribution is -0.870. The van der Waals surface area contributed by atoms with E-state index in [1.54, 1.807) is 0 Å². The monoisotopic (exact) mass is 1370 g/mol. The first-order valence-electron chi connectivity index (χ1n) is 38.5. The summed E-state index contributed by atoms with van der Waals surface area (Å²) in [6.07, 6.45) is 120. The molecule has 2 unspecified atom stereocenters. The highest BCUT2D eigenvalue weighted by Gasteiger charge is 2.27. The number of carbonyl (C=O) groups excluding carboxylic acids is 2. The van der Waals surface area contributed by atoms with Crippen molar-refractivity contribution >= 4 is 19.8 Å². The van der Waals surface area contributed by atoms with Gasteiger partial charge in [0.2, 0.25) is 0 Å². The molecule has 0 fully saturated rings. The van der Waals surface area contributed by atoms with Crippen LogP contribution in [0.25, 0.3) is 0 Å². The number of carbonyl (C=O) groups is 2. The fourth-order valence-electron chi connectivity index (χ4n) is 9.71. The molecular formula is C88H141NO8P+. The Morgan fingerprint density at radius 2 is 0.551 bits per heavy atom. The normalized spacial score (nSPS) is 14.3. The third-order valence-corrected chi connectivity index (χ3v) is 16.5. The van der Waals surface area contributed by atoms with Crippen LogP contribution in [0.4, 0.5) is 0 Å². The Morgan fingerprint density at radius 3 is 0.816 bits per heavy atom. The third-order valence-electron chi connectivity index (χ3n) is 15.5. The van der Waals surface area contributed by atoms with E-state index in [-0.39, 0.29) is 32.0 Å². The number of hydrogen-bond donors (Lipinski definition) is 1. The lowest BCUT2D eigenvalue weighted by Crippen LogP contribution is -2.37. The molecule has 98 heavy (non-hydrogen) atoms. The molecule has 0 rings (SSSR count). The average molecular weight is 1370 g/mol. The fourth-order valence-corrected chi connectivity index (χ4v) is 10.4. The van der Waals surface area contributed by atoms with Gasteiger partial charge in [-0.3, -0.25) is 18.6 Å². The number of phosphoric ester groups is 1. The minimum absolute atomic E-state index is 0.0163. The van der Waals surface area contributed by atoms with Crippen molar-refractivity contribution in [3.05, 3.63) is 219 Å². The molecular weight excluding hydrogens is 1230 g/mol. The van der Waals surface area contributed by atoms with Crippen LogP contribution in [0, 0.1) is 0 Å². The maximum atomic E-state index is 12.9. The van der Waals surface area contributed by atoms with Crippen LogP contribution < -0.4 is 0 Å². The Labute approximate surface area is 601 Å². The predicted octanol–water partition coefficient (Wildman–Crippen LogP) is 25.9. The molecule has 0 saturated heterocycles. The number of quaternary nitrogens is 1. The van der Waals surface area contributed by atoms with Crippen molar-refractivity contribution in [3.63, 3.8) is 0 Å². The number of allylic oxidation sites excluding steroid dienone is 36. The summed E-state index contributed by atoms with van der Waals surface area (Å²) in [5.74, 6) is -0.833. The van der Waals surface area contributed by atoms with E-state index in [1.165, 1.54) is 64.2 Å². The molecule has 0 aliphatic heterocycles. The molecule has 2 atom stereocenters. The standard InChI is InChI=1S/C88H140NO8P/c1-6-8-10-12-14-16-18-20-22-24-26-28-30-32-34-36-38-40-42-43-44-45-47-49-51-53-55-57-59-61-63-65-67-69-71-73-75-77-79-81-88(91)97-86(85-96-98(92,93)95-83-82-89(3,4)5)84-94-87(90)80-78-76-74-72-70-68-66-64-62-60-58-56-54-52-50-48-46-41-39-37-35-33-31-29-27-25-23-21-19-17-15-13-11-9-7-2/h8-11,14-17,20-23,26-29,32-35,38-41,43-44,47-50,53,55,59,61,65,67,86H,6-7,12-13,18-19,24-25,30-31,36-37,42,45-46,51-52,54,56-58,60,62-64,66,68-85H2,1-5H3/p+1/b10-8-,11-9-,16-14-,17-15-,22-20-,23-21-,28-26-,29-27-,34-32-,35-33-,40-38-,41-39-,44-43-,49-47-,50-48-,55-53-,61-59-,67-65-. The summed E-state index contributed by atoms with van der Waals surface area (Å²) in [5.41, 5.74) is 0. The molecule has 9 nitrogen and oxygen atoms in total. The minimum Gasteiger partial charge on any atom is -0.462 e. The minimum atomic E-state index is -4.42. The number of hydrogen-bond acceptors (Lipinski definition) is 7. The average Bonchev–Trinajstić information content (AvgIpc) is 1.23. The Hall–Kier alpha value is -5.67. The predicted molar refractivity (Wildman–Crippen MR) is 426 cm³/mol. The van der Waals surface area contributed by atoms with Gasteiger partial charge in [0.25, 0.3) is 0 Å². The zero-order valence-electron chi connectivity index (χ0n) is 62.7. The van der Waals surface area contributed by atoms with E-state index in [0.717, 1.165) is 173 Å². The van der Waals surface area contributed by atoms with E-state index >= 15 is 0 Å². The SMILES string of the molecule is CC/C=C\C/C=C\C/C=C\C/C=C\C/C=C\C/C=C\C/C=C\C/C=C\C/C=C\C/C=C\C/C=C\CCCCCCCC(=O)OC(COC(=O)CCCCCCCCCCCCCCC/C=C\C/C=C\C/C=C\C/C=C\C/C=C\C/C=C\C/C=C\CC)COP(=O)(O)OCC[N+](C)(C)C. The Balaban J connectivity index is 4.14. The highest BCUT2D eigenvalue weighted by atomic mass is 31.2. The van der Waals surface area contributed by atoms with E-state index in [0.29, 0.717) is 17.4 Å². The molecule has 0 aromatic heterocycles. The van der Waals surface area contributed by atoms with Gasteiger partial charge in [-0.25, -0.2) is 4.57 Å². The second kappa shape index (κ2) is 75.5. The second-order valence-corrected chi connectivity index (χ2v) is 27.4. The number of nitrogens with zero attached hydrogens (tertiary/aromatic N) is 1. The van der Waals surface area contributed by atoms with E-state index in [9.17, 15) is 19.0 Å². The van der Waals surface area contributed by atoms with Crippen LogP contribution in [0.15, 0.2) is 219 Å². The van der Waals surface area contributed by atoms with Gasteiger partial charge in [-0.05, 0) is 154 Å². The van der Waals surface area contributed by atoms with Crippen LogP contribution in [0.5, 0.6) is 0 Å². The largest absolute Gasteiger partial charge is 0.472 e. The van der Waals surface area contributed by atoms with Crippen LogP contribution in [-0.2, 0) is 32.7 Å². The summed E-state index contributed by atoms with van der Waals surface area (Å²) >= 11 is 0. The first kappa shape index (κ1) is 92.3. The van der Waals surface area contributed by atoms with Gasteiger partial charge in [0.15, 0.2) is 6.10 Å². The first-order chi connectivity index (χ1) is 48.0. The van der Waals surface area contributed by atoms with Crippen LogP contribution in [0.3, 0.4) is 0 Å². The molecule has 550 valence electrons. The summed E-state index contributed by atoms with van der Waals surface area (Å²) in [6, 6.07) is 0. The van der Waals surface area contributed by atoms with Crippen molar-refractivity contribution in [1.82, 2.24) is 0 Å². The molecule has 0 saturated carbocycles. The molecule has 0 amide bonds. The van der Waals surface area contributed by atoms with Crippen molar-refractivity contribution in [3.8, 4) is 0 Å². The highest BCUT2D eigenvalue weighted by Crippen LogP contribution is 2.43. The first-order valence-corrected chi connectivity index (χ1v) is 40.0. The molecule has 0 aromatic carbocycles. The van der Waals surface area contributed by atoms with Crippen LogP contribution in [0.1, 0.15) is 271 Å². The molecule has 0 aliphatic rings. The molecule has 1 N–H and O–H groups in total. The molecule has 0 bridgehead atoms. The fraction of sp³-hybridized carbons (Fsp3) is 0.568. The van der Waals surface area contributed by atoms with Gasteiger partial charge in [0.1, 0.15) is 19.8 Å². The van der Waals surface area contributed by atoms with Gasteiger partial charge in [0, 0.05) is 12.8 Å². The number of esters is 2. The summed E-state index contributed by atoms with van der Waals surface area (Å²) in [5, 5.41) is 0. The lowest BCUT2D eigenvalue weighted by Gasteiger charge is -2.24. The van der Waals surface area contributed by atoms with E-state index in [4.69, 9.17) is 18.5 Å². The zero-order valence-corrected chi connectivity index (χ0v) is 63.6. The summed E-state index contributed by atoms with van der Waals surface area (Å²) in [4.78, 5) is 36.0. The Morgan fingerprint density at radius 1 is 0.316 bits per heavy atom. The molecule has 10 heteroatoms. The van der Waals surface area contributed by atoms with Gasteiger partial charge >= 0.3 is 19.8 Å². The van der Waals surface area contributed by atoms with Crippen molar-refractivity contribution in [2.75, 3.05) is 47.5 Å². The number of rotatable bonds is 68. The van der Waals surface area contributed by atoms with Gasteiger partial charge in [-0.1, -0.05) is 322 Å². The topological polar surface area (TPSA) is 108 Å². The highest BCUT2D eigenvalue weighted by molar-refractivity contribution is 7.47. The van der Waals surface area contributed by atoms with Crippen LogP contribution in [-0.4, -0.2) is 74.9 Å². The molecule has 0 radical (unpaired) electrons. The number of ether oxygens (including phenoxy) is 2. The molecule has 0 aliphatic carbocycles. The van der Waals surface area contributed by atoms with E-state index < -0.39 is 26.5 Å². The molecule has 0 spiro atoms. The lowest BCUT2D eigenvalue weighted by atomic mass is 10.0. The van der Waals surface area contributed by atoms with Gasteiger partial charge in [-0.15, -0.1) is 0 Å². The maximum Gasteiger partial charge on any atom is 0.472 e. The number of phosphoric acid groups is 1. The number of likely N-dealkylation sites (N-methyl/N-ethyl adjacent to an activating group) is 1.